The van der Waals surface area contributed by atoms with E-state index in [0.717, 1.165) is 6.42 Å². The molecule has 168 valence electrons. The number of sulfonamides is 1. The van der Waals surface area contributed by atoms with Crippen molar-refractivity contribution in [1.82, 2.24) is 14.9 Å². The first-order chi connectivity index (χ1) is 14.3. The molecule has 1 unspecified atom stereocenters. The fourth-order valence-corrected chi connectivity index (χ4v) is 4.23. The molecular weight excluding hydrogens is 422 g/mol. The molecule has 1 fully saturated rings. The van der Waals surface area contributed by atoms with Crippen molar-refractivity contribution in [2.45, 2.75) is 26.5 Å². The van der Waals surface area contributed by atoms with Crippen LogP contribution in [0.3, 0.4) is 0 Å². The number of nitrogens with zero attached hydrogens (tertiary/aromatic N) is 2. The van der Waals surface area contributed by atoms with E-state index < -0.39 is 16.6 Å². The van der Waals surface area contributed by atoms with Gasteiger partial charge in [-0.25, -0.2) is 17.7 Å². The molecular formula is C18H26F2N4O5S. The minimum Gasteiger partial charge on any atom is -0.454 e. The van der Waals surface area contributed by atoms with E-state index >= 15 is 0 Å². The van der Waals surface area contributed by atoms with Gasteiger partial charge < -0.3 is 24.8 Å². The molecule has 1 aromatic rings. The Morgan fingerprint density at radius 2 is 2.07 bits per heavy atom. The molecule has 0 radical (unpaired) electrons. The van der Waals surface area contributed by atoms with Gasteiger partial charge >= 0.3 is 6.61 Å². The Hall–Kier alpha value is -2.34. The van der Waals surface area contributed by atoms with Crippen LogP contribution >= 0.6 is 0 Å². The van der Waals surface area contributed by atoms with E-state index in [1.807, 2.05) is 6.92 Å². The minimum atomic E-state index is -3.19. The monoisotopic (exact) mass is 448 g/mol. The number of hydrogen-bond donors (Lipinski definition) is 2. The summed E-state index contributed by atoms with van der Waals surface area (Å²) in [7, 11) is -3.19. The predicted molar refractivity (Wildman–Crippen MR) is 107 cm³/mol. The highest BCUT2D eigenvalue weighted by Crippen LogP contribution is 2.39. The largest absolute Gasteiger partial charge is 0.454 e. The molecule has 0 bridgehead atoms. The minimum absolute atomic E-state index is 0.0200. The lowest BCUT2D eigenvalue weighted by Crippen LogP contribution is -2.40. The maximum atomic E-state index is 12.8. The standard InChI is InChI=1S/C18H26F2N4O5S/c1-3-21-18(22-8-12-4-5-24(10-12)30(2,25)26)23-9-13-6-15-16(28-11-27-15)7-14(13)29-17(19)20/h6-7,12,17H,3-5,8-11H2,1-2H3,(H2,21,22,23). The molecule has 30 heavy (non-hydrogen) atoms. The first-order valence-corrected chi connectivity index (χ1v) is 11.5. The summed E-state index contributed by atoms with van der Waals surface area (Å²) in [4.78, 5) is 4.45. The maximum absolute atomic E-state index is 12.8. The third-order valence-corrected chi connectivity index (χ3v) is 6.07. The molecule has 1 aromatic carbocycles. The van der Waals surface area contributed by atoms with Crippen molar-refractivity contribution < 1.29 is 31.4 Å². The summed E-state index contributed by atoms with van der Waals surface area (Å²) >= 11 is 0. The number of ether oxygens (including phenoxy) is 3. The molecule has 9 nitrogen and oxygen atoms in total. The van der Waals surface area contributed by atoms with Gasteiger partial charge in [0, 0.05) is 37.8 Å². The molecule has 1 atom stereocenters. The second-order valence-corrected chi connectivity index (χ2v) is 9.03. The van der Waals surface area contributed by atoms with E-state index in [-0.39, 0.29) is 25.0 Å². The molecule has 12 heteroatoms. The van der Waals surface area contributed by atoms with E-state index in [1.54, 1.807) is 6.07 Å². The topological polar surface area (TPSA) is 101 Å². The smallest absolute Gasteiger partial charge is 0.387 e. The number of alkyl halides is 2. The summed E-state index contributed by atoms with van der Waals surface area (Å²) in [5.41, 5.74) is 0.431. The van der Waals surface area contributed by atoms with Gasteiger partial charge in [-0.05, 0) is 25.3 Å². The number of aliphatic imine (C=N–C) groups is 1. The van der Waals surface area contributed by atoms with Crippen LogP contribution in [0.15, 0.2) is 17.1 Å². The normalized spacial score (nSPS) is 19.4. The SMILES string of the molecule is CCNC(=NCc1cc2c(cc1OC(F)F)OCO2)NCC1CCN(S(C)(=O)=O)C1. The van der Waals surface area contributed by atoms with E-state index in [0.29, 0.717) is 49.2 Å². The molecule has 2 aliphatic rings. The number of fused-ring (bicyclic) bond motifs is 1. The summed E-state index contributed by atoms with van der Waals surface area (Å²) < 4.78 is 65.5. The maximum Gasteiger partial charge on any atom is 0.387 e. The number of hydrogen-bond acceptors (Lipinski definition) is 6. The average molecular weight is 448 g/mol. The van der Waals surface area contributed by atoms with Crippen LogP contribution in [-0.4, -0.2) is 64.5 Å². The van der Waals surface area contributed by atoms with Crippen molar-refractivity contribution >= 4 is 16.0 Å². The molecule has 0 aromatic heterocycles. The van der Waals surface area contributed by atoms with Crippen molar-refractivity contribution in [3.8, 4) is 17.2 Å². The van der Waals surface area contributed by atoms with Crippen LogP contribution in [0.2, 0.25) is 0 Å². The van der Waals surface area contributed by atoms with Crippen molar-refractivity contribution in [2.75, 3.05) is 39.2 Å². The Labute approximate surface area is 174 Å². The summed E-state index contributed by atoms with van der Waals surface area (Å²) in [6, 6.07) is 2.95. The molecule has 0 saturated carbocycles. The molecule has 2 aliphatic heterocycles. The predicted octanol–water partition coefficient (Wildman–Crippen LogP) is 1.35. The highest BCUT2D eigenvalue weighted by atomic mass is 32.2. The Bertz CT molecular complexity index is 882. The number of nitrogens with one attached hydrogen (secondary N) is 2. The van der Waals surface area contributed by atoms with Crippen LogP contribution in [0.4, 0.5) is 8.78 Å². The zero-order valence-electron chi connectivity index (χ0n) is 16.9. The second-order valence-electron chi connectivity index (χ2n) is 7.04. The van der Waals surface area contributed by atoms with Crippen LogP contribution in [-0.2, 0) is 16.6 Å². The van der Waals surface area contributed by atoms with Crippen molar-refractivity contribution in [3.63, 3.8) is 0 Å². The van der Waals surface area contributed by atoms with Crippen molar-refractivity contribution in [2.24, 2.45) is 10.9 Å². The second kappa shape index (κ2) is 9.65. The highest BCUT2D eigenvalue weighted by Gasteiger charge is 2.28. The number of benzene rings is 1. The Morgan fingerprint density at radius 3 is 2.70 bits per heavy atom. The summed E-state index contributed by atoms with van der Waals surface area (Å²) in [6.07, 6.45) is 1.97. The van der Waals surface area contributed by atoms with E-state index in [2.05, 4.69) is 20.4 Å². The lowest BCUT2D eigenvalue weighted by atomic mass is 10.1. The van der Waals surface area contributed by atoms with Gasteiger partial charge in [-0.1, -0.05) is 0 Å². The molecule has 0 spiro atoms. The van der Waals surface area contributed by atoms with Crippen LogP contribution in [0.5, 0.6) is 17.2 Å². The van der Waals surface area contributed by atoms with E-state index in [1.165, 1.54) is 16.6 Å². The summed E-state index contributed by atoms with van der Waals surface area (Å²) in [5.74, 6) is 1.43. The molecule has 2 N–H and O–H groups in total. The van der Waals surface area contributed by atoms with Gasteiger partial charge in [0.2, 0.25) is 16.8 Å². The van der Waals surface area contributed by atoms with Crippen molar-refractivity contribution in [1.29, 1.82) is 0 Å². The van der Waals surface area contributed by atoms with E-state index in [4.69, 9.17) is 9.47 Å². The lowest BCUT2D eigenvalue weighted by Gasteiger charge is -2.16. The molecule has 0 amide bonds. The Morgan fingerprint density at radius 1 is 1.33 bits per heavy atom. The molecule has 3 rings (SSSR count). The van der Waals surface area contributed by atoms with Crippen LogP contribution in [0.25, 0.3) is 0 Å². The van der Waals surface area contributed by atoms with Crippen LogP contribution in [0, 0.1) is 5.92 Å². The quantitative estimate of drug-likeness (QED) is 0.457. The zero-order valence-corrected chi connectivity index (χ0v) is 17.7. The summed E-state index contributed by atoms with van der Waals surface area (Å²) in [6.45, 7) is 1.14. The van der Waals surface area contributed by atoms with Gasteiger partial charge in [-0.3, -0.25) is 0 Å². The van der Waals surface area contributed by atoms with Crippen LogP contribution < -0.4 is 24.8 Å². The highest BCUT2D eigenvalue weighted by molar-refractivity contribution is 7.88. The van der Waals surface area contributed by atoms with Gasteiger partial charge in [-0.15, -0.1) is 0 Å². The fraction of sp³-hybridized carbons (Fsp3) is 0.611. The number of guanidine groups is 1. The van der Waals surface area contributed by atoms with Gasteiger partial charge in [0.15, 0.2) is 17.5 Å². The number of rotatable bonds is 8. The Kier molecular flexibility index (Phi) is 7.19. The lowest BCUT2D eigenvalue weighted by molar-refractivity contribution is -0.0505. The van der Waals surface area contributed by atoms with Gasteiger partial charge in [0.05, 0.1) is 12.8 Å². The molecule has 0 aliphatic carbocycles. The first-order valence-electron chi connectivity index (χ1n) is 9.61. The fourth-order valence-electron chi connectivity index (χ4n) is 3.31. The zero-order chi connectivity index (χ0) is 21.7. The third-order valence-electron chi connectivity index (χ3n) is 4.80. The van der Waals surface area contributed by atoms with E-state index in [9.17, 15) is 17.2 Å². The average Bonchev–Trinajstić information content (AvgIpc) is 3.32. The third kappa shape index (κ3) is 5.85. The van der Waals surface area contributed by atoms with Gasteiger partial charge in [0.1, 0.15) is 5.75 Å². The Balaban J connectivity index is 1.66. The van der Waals surface area contributed by atoms with Gasteiger partial charge in [-0.2, -0.15) is 8.78 Å². The van der Waals surface area contributed by atoms with Crippen LogP contribution in [0.1, 0.15) is 18.9 Å². The van der Waals surface area contributed by atoms with Gasteiger partial charge in [0.25, 0.3) is 0 Å². The number of halogens is 2. The van der Waals surface area contributed by atoms with Crippen molar-refractivity contribution in [3.05, 3.63) is 17.7 Å². The summed E-state index contributed by atoms with van der Waals surface area (Å²) in [5, 5.41) is 6.28. The molecule has 1 saturated heterocycles. The molecule has 2 heterocycles. The first kappa shape index (κ1) is 22.3.